The van der Waals surface area contributed by atoms with Gasteiger partial charge < -0.3 is 9.80 Å². The highest BCUT2D eigenvalue weighted by molar-refractivity contribution is 5.92. The van der Waals surface area contributed by atoms with Crippen LogP contribution in [0.25, 0.3) is 6.08 Å². The van der Waals surface area contributed by atoms with Crippen molar-refractivity contribution in [2.75, 3.05) is 20.1 Å². The van der Waals surface area contributed by atoms with Crippen LogP contribution in [0.1, 0.15) is 24.0 Å². The van der Waals surface area contributed by atoms with Crippen molar-refractivity contribution in [3.8, 4) is 0 Å². The molecule has 2 amide bonds. The van der Waals surface area contributed by atoms with Gasteiger partial charge in [-0.25, -0.2) is 0 Å². The Labute approximate surface area is 161 Å². The maximum atomic E-state index is 12.7. The van der Waals surface area contributed by atoms with Crippen LogP contribution in [0.15, 0.2) is 66.7 Å². The van der Waals surface area contributed by atoms with Gasteiger partial charge in [-0.05, 0) is 30.0 Å². The Morgan fingerprint density at radius 3 is 2.22 bits per heavy atom. The minimum atomic E-state index is 0.000801. The summed E-state index contributed by atoms with van der Waals surface area (Å²) in [5, 5.41) is 0. The zero-order chi connectivity index (χ0) is 19.1. The van der Waals surface area contributed by atoms with E-state index in [1.165, 1.54) is 0 Å². The highest BCUT2D eigenvalue weighted by Crippen LogP contribution is 2.20. The SMILES string of the molecule is CN(Cc1ccccc1)C(=O)C1CCN(C(=O)C=Cc2ccccc2)CC1. The van der Waals surface area contributed by atoms with Gasteiger partial charge in [-0.15, -0.1) is 0 Å². The molecule has 0 N–H and O–H groups in total. The molecule has 0 aliphatic carbocycles. The molecule has 1 fully saturated rings. The van der Waals surface area contributed by atoms with Crippen molar-refractivity contribution in [1.82, 2.24) is 9.80 Å². The molecule has 1 saturated heterocycles. The summed E-state index contributed by atoms with van der Waals surface area (Å²) in [6.45, 7) is 1.89. The Bertz CT molecular complexity index is 779. The van der Waals surface area contributed by atoms with E-state index in [-0.39, 0.29) is 17.7 Å². The van der Waals surface area contributed by atoms with Crippen LogP contribution >= 0.6 is 0 Å². The monoisotopic (exact) mass is 362 g/mol. The van der Waals surface area contributed by atoms with E-state index in [9.17, 15) is 9.59 Å². The molecule has 140 valence electrons. The Balaban J connectivity index is 1.48. The summed E-state index contributed by atoms with van der Waals surface area (Å²) >= 11 is 0. The minimum absolute atomic E-state index is 0.000801. The second-order valence-corrected chi connectivity index (χ2v) is 7.02. The van der Waals surface area contributed by atoms with Crippen molar-refractivity contribution in [3.63, 3.8) is 0 Å². The quantitative estimate of drug-likeness (QED) is 0.763. The first-order valence-corrected chi connectivity index (χ1v) is 9.44. The Hall–Kier alpha value is -2.88. The second kappa shape index (κ2) is 9.17. The van der Waals surface area contributed by atoms with E-state index >= 15 is 0 Å². The third-order valence-electron chi connectivity index (χ3n) is 5.01. The molecular formula is C23H26N2O2. The van der Waals surface area contributed by atoms with Gasteiger partial charge in [0, 0.05) is 38.7 Å². The Morgan fingerprint density at radius 2 is 1.59 bits per heavy atom. The number of rotatable bonds is 5. The molecule has 1 aliphatic heterocycles. The van der Waals surface area contributed by atoms with Crippen LogP contribution in [-0.4, -0.2) is 41.8 Å². The van der Waals surface area contributed by atoms with E-state index in [0.29, 0.717) is 19.6 Å². The number of carbonyl (C=O) groups excluding carboxylic acids is 2. The van der Waals surface area contributed by atoms with Crippen molar-refractivity contribution in [2.24, 2.45) is 5.92 Å². The van der Waals surface area contributed by atoms with Gasteiger partial charge in [0.1, 0.15) is 0 Å². The number of nitrogens with zero attached hydrogens (tertiary/aromatic N) is 2. The highest BCUT2D eigenvalue weighted by Gasteiger charge is 2.28. The van der Waals surface area contributed by atoms with Crippen molar-refractivity contribution < 1.29 is 9.59 Å². The largest absolute Gasteiger partial charge is 0.341 e. The molecule has 27 heavy (non-hydrogen) atoms. The van der Waals surface area contributed by atoms with Gasteiger partial charge in [0.25, 0.3) is 0 Å². The van der Waals surface area contributed by atoms with Gasteiger partial charge >= 0.3 is 0 Å². The van der Waals surface area contributed by atoms with Gasteiger partial charge in [-0.3, -0.25) is 9.59 Å². The zero-order valence-electron chi connectivity index (χ0n) is 15.8. The first-order chi connectivity index (χ1) is 13.1. The summed E-state index contributed by atoms with van der Waals surface area (Å²) in [5.74, 6) is 0.189. The lowest BCUT2D eigenvalue weighted by molar-refractivity contribution is -0.138. The summed E-state index contributed by atoms with van der Waals surface area (Å²) in [6.07, 6.45) is 4.91. The molecule has 0 radical (unpaired) electrons. The van der Waals surface area contributed by atoms with Gasteiger partial charge in [0.05, 0.1) is 0 Å². The fraction of sp³-hybridized carbons (Fsp3) is 0.304. The Kier molecular flexibility index (Phi) is 6.42. The normalized spacial score (nSPS) is 15.1. The van der Waals surface area contributed by atoms with E-state index in [1.807, 2.05) is 78.7 Å². The maximum absolute atomic E-state index is 12.7. The molecular weight excluding hydrogens is 336 g/mol. The number of likely N-dealkylation sites (tertiary alicyclic amines) is 1. The average molecular weight is 362 g/mol. The topological polar surface area (TPSA) is 40.6 Å². The van der Waals surface area contributed by atoms with Crippen molar-refractivity contribution in [2.45, 2.75) is 19.4 Å². The molecule has 1 aliphatic rings. The molecule has 3 rings (SSSR count). The number of hydrogen-bond acceptors (Lipinski definition) is 2. The van der Waals surface area contributed by atoms with Gasteiger partial charge in [-0.1, -0.05) is 60.7 Å². The molecule has 0 aromatic heterocycles. The molecule has 0 atom stereocenters. The van der Waals surface area contributed by atoms with Crippen molar-refractivity contribution >= 4 is 17.9 Å². The minimum Gasteiger partial charge on any atom is -0.341 e. The first kappa shape index (κ1) is 18.9. The zero-order valence-corrected chi connectivity index (χ0v) is 15.8. The third-order valence-corrected chi connectivity index (χ3v) is 5.01. The number of hydrogen-bond donors (Lipinski definition) is 0. The van der Waals surface area contributed by atoms with Crippen LogP contribution in [0.3, 0.4) is 0 Å². The van der Waals surface area contributed by atoms with Crippen LogP contribution in [0.5, 0.6) is 0 Å². The lowest BCUT2D eigenvalue weighted by Gasteiger charge is -2.32. The van der Waals surface area contributed by atoms with Crippen LogP contribution in [0.2, 0.25) is 0 Å². The van der Waals surface area contributed by atoms with Gasteiger partial charge in [0.15, 0.2) is 0 Å². The molecule has 2 aromatic rings. The summed E-state index contributed by atoms with van der Waals surface area (Å²) < 4.78 is 0. The average Bonchev–Trinajstić information content (AvgIpc) is 2.73. The fourth-order valence-electron chi connectivity index (χ4n) is 3.43. The lowest BCUT2D eigenvalue weighted by Crippen LogP contribution is -2.42. The van der Waals surface area contributed by atoms with Crippen LogP contribution in [-0.2, 0) is 16.1 Å². The van der Waals surface area contributed by atoms with Crippen molar-refractivity contribution in [3.05, 3.63) is 77.9 Å². The van der Waals surface area contributed by atoms with Gasteiger partial charge in [0.2, 0.25) is 11.8 Å². The number of piperidine rings is 1. The van der Waals surface area contributed by atoms with Crippen LogP contribution in [0.4, 0.5) is 0 Å². The van der Waals surface area contributed by atoms with E-state index < -0.39 is 0 Å². The van der Waals surface area contributed by atoms with Crippen LogP contribution in [0, 0.1) is 5.92 Å². The molecule has 2 aromatic carbocycles. The van der Waals surface area contributed by atoms with Crippen LogP contribution < -0.4 is 0 Å². The molecule has 0 spiro atoms. The van der Waals surface area contributed by atoms with E-state index in [2.05, 4.69) is 0 Å². The maximum Gasteiger partial charge on any atom is 0.246 e. The number of amides is 2. The molecule has 0 unspecified atom stereocenters. The van der Waals surface area contributed by atoms with Crippen molar-refractivity contribution in [1.29, 1.82) is 0 Å². The molecule has 4 nitrogen and oxygen atoms in total. The number of carbonyl (C=O) groups is 2. The van der Waals surface area contributed by atoms with E-state index in [1.54, 1.807) is 11.0 Å². The first-order valence-electron chi connectivity index (χ1n) is 9.44. The molecule has 0 bridgehead atoms. The Morgan fingerprint density at radius 1 is 1.00 bits per heavy atom. The predicted octanol–water partition coefficient (Wildman–Crippen LogP) is 3.60. The summed E-state index contributed by atoms with van der Waals surface area (Å²) in [6, 6.07) is 19.8. The predicted molar refractivity (Wildman–Crippen MR) is 108 cm³/mol. The highest BCUT2D eigenvalue weighted by atomic mass is 16.2. The summed E-state index contributed by atoms with van der Waals surface area (Å²) in [7, 11) is 1.86. The molecule has 1 heterocycles. The fourth-order valence-corrected chi connectivity index (χ4v) is 3.43. The van der Waals surface area contributed by atoms with Gasteiger partial charge in [-0.2, -0.15) is 0 Å². The van der Waals surface area contributed by atoms with E-state index in [0.717, 1.165) is 24.0 Å². The third kappa shape index (κ3) is 5.30. The standard InChI is InChI=1S/C23H26N2O2/c1-24(18-20-10-6-3-7-11-20)23(27)21-14-16-25(17-15-21)22(26)13-12-19-8-4-2-5-9-19/h2-13,21H,14-18H2,1H3. The number of benzene rings is 2. The summed E-state index contributed by atoms with van der Waals surface area (Å²) in [5.41, 5.74) is 2.14. The van der Waals surface area contributed by atoms with E-state index in [4.69, 9.17) is 0 Å². The molecule has 0 saturated carbocycles. The second-order valence-electron chi connectivity index (χ2n) is 7.02. The summed E-state index contributed by atoms with van der Waals surface area (Å²) in [4.78, 5) is 28.7. The molecule has 4 heteroatoms. The smallest absolute Gasteiger partial charge is 0.246 e. The lowest BCUT2D eigenvalue weighted by atomic mass is 9.95.